The Balaban J connectivity index is 1.86. The van der Waals surface area contributed by atoms with Gasteiger partial charge in [-0.05, 0) is 20.0 Å². The molecular weight excluding hydrogens is 296 g/mol. The molecule has 2 N–H and O–H groups in total. The molecule has 0 fully saturated rings. The summed E-state index contributed by atoms with van der Waals surface area (Å²) >= 11 is 0. The van der Waals surface area contributed by atoms with Crippen molar-refractivity contribution in [2.24, 2.45) is 0 Å². The Kier molecular flexibility index (Phi) is 5.42. The second kappa shape index (κ2) is 7.29. The molecule has 2 aromatic heterocycles. The summed E-state index contributed by atoms with van der Waals surface area (Å²) in [6.45, 7) is 1.71. The van der Waals surface area contributed by atoms with Crippen LogP contribution in [0.15, 0.2) is 28.1 Å². The standard InChI is InChI=1S/C11H18N6O3S/c1-12-4-2-6-17-8-10(7-14-17)21(18,19)16-5-3-11-13-9-15-20-11/h7-9,12,16H,2-6H2,1H3. The highest BCUT2D eigenvalue weighted by atomic mass is 32.2. The van der Waals surface area contributed by atoms with E-state index in [1.165, 1.54) is 18.7 Å². The van der Waals surface area contributed by atoms with Crippen LogP contribution in [0.3, 0.4) is 0 Å². The number of nitrogens with zero attached hydrogens (tertiary/aromatic N) is 4. The van der Waals surface area contributed by atoms with Gasteiger partial charge in [0.15, 0.2) is 6.33 Å². The van der Waals surface area contributed by atoms with Crippen LogP contribution in [0.2, 0.25) is 0 Å². The van der Waals surface area contributed by atoms with Crippen LogP contribution in [0.1, 0.15) is 12.3 Å². The number of nitrogens with one attached hydrogen (secondary N) is 2. The zero-order valence-electron chi connectivity index (χ0n) is 11.7. The third-order valence-corrected chi connectivity index (χ3v) is 4.19. The van der Waals surface area contributed by atoms with E-state index in [2.05, 4.69) is 25.3 Å². The van der Waals surface area contributed by atoms with Gasteiger partial charge in [0, 0.05) is 25.7 Å². The zero-order chi connectivity index (χ0) is 15.1. The molecule has 0 aromatic carbocycles. The molecule has 2 heterocycles. The Morgan fingerprint density at radius 2 is 2.24 bits per heavy atom. The molecule has 10 heteroatoms. The molecular formula is C11H18N6O3S. The summed E-state index contributed by atoms with van der Waals surface area (Å²) in [5.74, 6) is 0.389. The highest BCUT2D eigenvalue weighted by Crippen LogP contribution is 2.07. The van der Waals surface area contributed by atoms with E-state index in [-0.39, 0.29) is 11.4 Å². The molecule has 116 valence electrons. The average Bonchev–Trinajstić information content (AvgIpc) is 3.10. The van der Waals surface area contributed by atoms with Crippen LogP contribution >= 0.6 is 0 Å². The third-order valence-electron chi connectivity index (χ3n) is 2.77. The second-order valence-corrected chi connectivity index (χ2v) is 6.15. The van der Waals surface area contributed by atoms with Gasteiger partial charge in [-0.1, -0.05) is 5.16 Å². The lowest BCUT2D eigenvalue weighted by atomic mass is 10.4. The summed E-state index contributed by atoms with van der Waals surface area (Å²) < 4.78 is 33.0. The van der Waals surface area contributed by atoms with Crippen molar-refractivity contribution in [3.05, 3.63) is 24.6 Å². The van der Waals surface area contributed by atoms with Crippen LogP contribution in [-0.4, -0.2) is 48.5 Å². The number of sulfonamides is 1. The molecule has 0 spiro atoms. The van der Waals surface area contributed by atoms with E-state index in [9.17, 15) is 8.42 Å². The van der Waals surface area contributed by atoms with Crippen molar-refractivity contribution < 1.29 is 12.9 Å². The maximum atomic E-state index is 12.1. The second-order valence-electron chi connectivity index (χ2n) is 4.38. The summed E-state index contributed by atoms with van der Waals surface area (Å²) in [6.07, 6.45) is 5.36. The van der Waals surface area contributed by atoms with Crippen molar-refractivity contribution in [2.75, 3.05) is 20.1 Å². The molecule has 0 saturated carbocycles. The van der Waals surface area contributed by atoms with Crippen molar-refractivity contribution in [2.45, 2.75) is 24.3 Å². The molecule has 0 aliphatic rings. The van der Waals surface area contributed by atoms with Gasteiger partial charge in [0.1, 0.15) is 4.90 Å². The molecule has 0 aliphatic heterocycles. The molecule has 9 nitrogen and oxygen atoms in total. The first-order valence-electron chi connectivity index (χ1n) is 6.54. The minimum Gasteiger partial charge on any atom is -0.340 e. The molecule has 0 aliphatic carbocycles. The topological polar surface area (TPSA) is 115 Å². The monoisotopic (exact) mass is 314 g/mol. The highest BCUT2D eigenvalue weighted by molar-refractivity contribution is 7.89. The van der Waals surface area contributed by atoms with Crippen molar-refractivity contribution in [1.29, 1.82) is 0 Å². The summed E-state index contributed by atoms with van der Waals surface area (Å²) in [7, 11) is -1.69. The average molecular weight is 314 g/mol. The lowest BCUT2D eigenvalue weighted by molar-refractivity contribution is 0.377. The fourth-order valence-corrected chi connectivity index (χ4v) is 2.69. The quantitative estimate of drug-likeness (QED) is 0.594. The Morgan fingerprint density at radius 1 is 1.38 bits per heavy atom. The van der Waals surface area contributed by atoms with Crippen molar-refractivity contribution in [3.8, 4) is 0 Å². The van der Waals surface area contributed by atoms with Gasteiger partial charge in [0.05, 0.1) is 6.20 Å². The minimum absolute atomic E-state index is 0.150. The molecule has 0 saturated heterocycles. The Morgan fingerprint density at radius 3 is 2.95 bits per heavy atom. The van der Waals surface area contributed by atoms with E-state index < -0.39 is 10.0 Å². The van der Waals surface area contributed by atoms with Crippen molar-refractivity contribution in [1.82, 2.24) is 30.0 Å². The van der Waals surface area contributed by atoms with E-state index in [4.69, 9.17) is 4.52 Å². The number of hydrogen-bond acceptors (Lipinski definition) is 7. The lowest BCUT2D eigenvalue weighted by Crippen LogP contribution is -2.25. The summed E-state index contributed by atoms with van der Waals surface area (Å²) in [6, 6.07) is 0. The van der Waals surface area contributed by atoms with Crippen LogP contribution in [0.4, 0.5) is 0 Å². The van der Waals surface area contributed by atoms with Crippen LogP contribution in [0.5, 0.6) is 0 Å². The fourth-order valence-electron chi connectivity index (χ4n) is 1.71. The number of hydrogen-bond donors (Lipinski definition) is 2. The molecule has 0 atom stereocenters. The molecule has 21 heavy (non-hydrogen) atoms. The maximum Gasteiger partial charge on any atom is 0.243 e. The Hall–Kier alpha value is -1.78. The maximum absolute atomic E-state index is 12.1. The Bertz CT molecular complexity index is 637. The normalized spacial score (nSPS) is 11.9. The number of aromatic nitrogens is 4. The summed E-state index contributed by atoms with van der Waals surface area (Å²) in [4.78, 5) is 3.97. The smallest absolute Gasteiger partial charge is 0.243 e. The molecule has 0 bridgehead atoms. The molecule has 2 rings (SSSR count). The van der Waals surface area contributed by atoms with E-state index >= 15 is 0 Å². The van der Waals surface area contributed by atoms with E-state index in [0.29, 0.717) is 18.9 Å². The van der Waals surface area contributed by atoms with Gasteiger partial charge in [-0.25, -0.2) is 13.1 Å². The van der Waals surface area contributed by atoms with Crippen LogP contribution < -0.4 is 10.0 Å². The molecule has 2 aromatic rings. The first kappa shape index (κ1) is 15.6. The van der Waals surface area contributed by atoms with Crippen LogP contribution in [0, 0.1) is 0 Å². The Labute approximate surface area is 122 Å². The summed E-state index contributed by atoms with van der Waals surface area (Å²) in [5.41, 5.74) is 0. The van der Waals surface area contributed by atoms with E-state index in [1.54, 1.807) is 4.68 Å². The summed E-state index contributed by atoms with van der Waals surface area (Å²) in [5, 5.41) is 10.5. The minimum atomic E-state index is -3.56. The number of aryl methyl sites for hydroxylation is 1. The van der Waals surface area contributed by atoms with Gasteiger partial charge in [0.2, 0.25) is 15.9 Å². The largest absolute Gasteiger partial charge is 0.340 e. The zero-order valence-corrected chi connectivity index (χ0v) is 12.5. The van der Waals surface area contributed by atoms with Crippen LogP contribution in [0.25, 0.3) is 0 Å². The fraction of sp³-hybridized carbons (Fsp3) is 0.545. The predicted molar refractivity (Wildman–Crippen MR) is 74.0 cm³/mol. The molecule has 0 unspecified atom stereocenters. The first-order chi connectivity index (χ1) is 10.1. The van der Waals surface area contributed by atoms with E-state index in [0.717, 1.165) is 13.0 Å². The number of rotatable bonds is 9. The predicted octanol–water partition coefficient (Wildman–Crippen LogP) is -0.603. The van der Waals surface area contributed by atoms with Crippen molar-refractivity contribution >= 4 is 10.0 Å². The SMILES string of the molecule is CNCCCn1cc(S(=O)(=O)NCCc2ncno2)cn1. The van der Waals surface area contributed by atoms with Gasteiger partial charge in [-0.3, -0.25) is 4.68 Å². The molecule has 0 amide bonds. The third kappa shape index (κ3) is 4.62. The van der Waals surface area contributed by atoms with E-state index in [1.807, 2.05) is 7.05 Å². The highest BCUT2D eigenvalue weighted by Gasteiger charge is 2.16. The van der Waals surface area contributed by atoms with Crippen LogP contribution in [-0.2, 0) is 23.0 Å². The van der Waals surface area contributed by atoms with Gasteiger partial charge in [-0.15, -0.1) is 0 Å². The van der Waals surface area contributed by atoms with Crippen molar-refractivity contribution in [3.63, 3.8) is 0 Å². The van der Waals surface area contributed by atoms with Gasteiger partial charge in [0.25, 0.3) is 0 Å². The lowest BCUT2D eigenvalue weighted by Gasteiger charge is -2.03. The van der Waals surface area contributed by atoms with Gasteiger partial charge < -0.3 is 9.84 Å². The first-order valence-corrected chi connectivity index (χ1v) is 8.02. The van der Waals surface area contributed by atoms with Gasteiger partial charge >= 0.3 is 0 Å². The molecule has 0 radical (unpaired) electrons. The van der Waals surface area contributed by atoms with Gasteiger partial charge in [-0.2, -0.15) is 10.1 Å².